The van der Waals surface area contributed by atoms with Gasteiger partial charge in [-0.2, -0.15) is 0 Å². The zero-order valence-corrected chi connectivity index (χ0v) is 13.1. The lowest BCUT2D eigenvalue weighted by atomic mass is 10.0. The van der Waals surface area contributed by atoms with Gasteiger partial charge < -0.3 is 5.32 Å². The highest BCUT2D eigenvalue weighted by atomic mass is 35.5. The van der Waals surface area contributed by atoms with Gasteiger partial charge in [0, 0.05) is 17.1 Å². The van der Waals surface area contributed by atoms with E-state index in [0.717, 1.165) is 5.56 Å². The van der Waals surface area contributed by atoms with Crippen LogP contribution in [0.2, 0.25) is 10.0 Å². The quantitative estimate of drug-likeness (QED) is 0.711. The predicted molar refractivity (Wildman–Crippen MR) is 82.8 cm³/mol. The zero-order chi connectivity index (χ0) is 15.6. The summed E-state index contributed by atoms with van der Waals surface area (Å²) >= 11 is 11.8. The van der Waals surface area contributed by atoms with Crippen LogP contribution in [-0.2, 0) is 0 Å². The molecule has 2 aromatic carbocycles. The van der Waals surface area contributed by atoms with Crippen LogP contribution in [0.5, 0.6) is 0 Å². The lowest BCUT2D eigenvalue weighted by Crippen LogP contribution is -2.23. The van der Waals surface area contributed by atoms with Crippen molar-refractivity contribution in [1.29, 1.82) is 0 Å². The number of hydrogen-bond donors (Lipinski definition) is 1. The lowest BCUT2D eigenvalue weighted by molar-refractivity contribution is 0.489. The van der Waals surface area contributed by atoms with E-state index in [4.69, 9.17) is 23.2 Å². The molecule has 1 unspecified atom stereocenters. The third kappa shape index (κ3) is 3.94. The molecule has 21 heavy (non-hydrogen) atoms. The molecule has 0 amide bonds. The number of rotatable bonds is 4. The molecule has 0 aliphatic carbocycles. The second-order valence-electron chi connectivity index (χ2n) is 4.95. The fraction of sp³-hybridized carbons (Fsp3) is 0.250. The SMILES string of the molecule is CC(N[C@@H](C)c1cccc(F)c1)c1cc(F)c(Cl)cc1Cl. The van der Waals surface area contributed by atoms with E-state index in [9.17, 15) is 8.78 Å². The molecule has 0 saturated carbocycles. The molecule has 5 heteroatoms. The van der Waals surface area contributed by atoms with E-state index in [1.54, 1.807) is 6.07 Å². The molecule has 0 spiro atoms. The average molecular weight is 330 g/mol. The van der Waals surface area contributed by atoms with E-state index < -0.39 is 5.82 Å². The largest absolute Gasteiger partial charge is 0.304 e. The number of halogens is 4. The van der Waals surface area contributed by atoms with Gasteiger partial charge in [0.1, 0.15) is 11.6 Å². The van der Waals surface area contributed by atoms with Crippen molar-refractivity contribution >= 4 is 23.2 Å². The van der Waals surface area contributed by atoms with E-state index in [2.05, 4.69) is 5.32 Å². The third-order valence-corrected chi connectivity index (χ3v) is 3.97. The Labute approximate surface area is 132 Å². The summed E-state index contributed by atoms with van der Waals surface area (Å²) in [6.45, 7) is 3.77. The Morgan fingerprint density at radius 1 is 0.952 bits per heavy atom. The first-order chi connectivity index (χ1) is 9.88. The second kappa shape index (κ2) is 6.73. The van der Waals surface area contributed by atoms with Crippen molar-refractivity contribution in [3.63, 3.8) is 0 Å². The average Bonchev–Trinajstić information content (AvgIpc) is 2.42. The van der Waals surface area contributed by atoms with Gasteiger partial charge in [0.15, 0.2) is 0 Å². The van der Waals surface area contributed by atoms with Gasteiger partial charge in [0.25, 0.3) is 0 Å². The molecular weight excluding hydrogens is 315 g/mol. The Morgan fingerprint density at radius 2 is 1.67 bits per heavy atom. The molecule has 2 rings (SSSR count). The van der Waals surface area contributed by atoms with Gasteiger partial charge in [-0.05, 0) is 49.2 Å². The van der Waals surface area contributed by atoms with Crippen molar-refractivity contribution in [3.8, 4) is 0 Å². The Kier molecular flexibility index (Phi) is 5.20. The minimum absolute atomic E-state index is 0.00544. The van der Waals surface area contributed by atoms with Gasteiger partial charge in [0.05, 0.1) is 5.02 Å². The first-order valence-electron chi connectivity index (χ1n) is 6.54. The minimum Gasteiger partial charge on any atom is -0.304 e. The van der Waals surface area contributed by atoms with Crippen LogP contribution in [0, 0.1) is 11.6 Å². The number of benzene rings is 2. The van der Waals surface area contributed by atoms with E-state index in [1.165, 1.54) is 24.3 Å². The summed E-state index contributed by atoms with van der Waals surface area (Å²) in [7, 11) is 0. The van der Waals surface area contributed by atoms with Crippen molar-refractivity contribution in [3.05, 3.63) is 69.2 Å². The summed E-state index contributed by atoms with van der Waals surface area (Å²) in [6.07, 6.45) is 0. The Hall–Kier alpha value is -1.16. The van der Waals surface area contributed by atoms with Gasteiger partial charge in [-0.25, -0.2) is 8.78 Å². The summed E-state index contributed by atoms with van der Waals surface area (Å²) in [6, 6.07) is 8.74. The maximum atomic E-state index is 13.6. The van der Waals surface area contributed by atoms with Crippen molar-refractivity contribution < 1.29 is 8.78 Å². The summed E-state index contributed by atoms with van der Waals surface area (Å²) in [5, 5.41) is 3.66. The molecule has 1 nitrogen and oxygen atoms in total. The molecule has 0 heterocycles. The molecule has 0 radical (unpaired) electrons. The molecule has 2 atom stereocenters. The summed E-state index contributed by atoms with van der Waals surface area (Å²) in [5.41, 5.74) is 1.43. The van der Waals surface area contributed by atoms with Crippen molar-refractivity contribution in [1.82, 2.24) is 5.32 Å². The van der Waals surface area contributed by atoms with Crippen LogP contribution in [0.4, 0.5) is 8.78 Å². The highest BCUT2D eigenvalue weighted by Gasteiger charge is 2.16. The fourth-order valence-corrected chi connectivity index (χ4v) is 2.75. The Bertz CT molecular complexity index is 646. The zero-order valence-electron chi connectivity index (χ0n) is 11.6. The van der Waals surface area contributed by atoms with E-state index in [1.807, 2.05) is 19.9 Å². The van der Waals surface area contributed by atoms with E-state index in [-0.39, 0.29) is 22.9 Å². The normalized spacial score (nSPS) is 14.0. The lowest BCUT2D eigenvalue weighted by Gasteiger charge is -2.22. The molecule has 0 fully saturated rings. The van der Waals surface area contributed by atoms with Gasteiger partial charge >= 0.3 is 0 Å². The first-order valence-corrected chi connectivity index (χ1v) is 7.30. The van der Waals surface area contributed by atoms with Crippen LogP contribution in [-0.4, -0.2) is 0 Å². The standard InChI is InChI=1S/C16H15Cl2F2N/c1-9(11-4-3-5-12(19)6-11)21-10(2)13-7-16(20)15(18)8-14(13)17/h3-10,21H,1-2H3/t9-,10?/m0/s1. The van der Waals surface area contributed by atoms with Gasteiger partial charge in [0.2, 0.25) is 0 Å². The van der Waals surface area contributed by atoms with Crippen LogP contribution >= 0.6 is 23.2 Å². The molecule has 2 aromatic rings. The van der Waals surface area contributed by atoms with Crippen LogP contribution < -0.4 is 5.32 Å². The van der Waals surface area contributed by atoms with Gasteiger partial charge in [-0.3, -0.25) is 0 Å². The molecular formula is C16H15Cl2F2N. The molecule has 0 bridgehead atoms. The summed E-state index contributed by atoms with van der Waals surface area (Å²) in [5.74, 6) is -0.799. The fourth-order valence-electron chi connectivity index (χ4n) is 2.21. The molecule has 0 aliphatic heterocycles. The van der Waals surface area contributed by atoms with Crippen LogP contribution in [0.25, 0.3) is 0 Å². The van der Waals surface area contributed by atoms with Crippen LogP contribution in [0.15, 0.2) is 36.4 Å². The highest BCUT2D eigenvalue weighted by Crippen LogP contribution is 2.30. The molecule has 0 aliphatic rings. The van der Waals surface area contributed by atoms with E-state index >= 15 is 0 Å². The maximum Gasteiger partial charge on any atom is 0.142 e. The molecule has 1 N–H and O–H groups in total. The Balaban J connectivity index is 2.18. The van der Waals surface area contributed by atoms with Gasteiger partial charge in [-0.15, -0.1) is 0 Å². The van der Waals surface area contributed by atoms with Crippen molar-refractivity contribution in [2.75, 3.05) is 0 Å². The van der Waals surface area contributed by atoms with E-state index in [0.29, 0.717) is 10.6 Å². The van der Waals surface area contributed by atoms with Crippen molar-refractivity contribution in [2.24, 2.45) is 0 Å². The van der Waals surface area contributed by atoms with Crippen molar-refractivity contribution in [2.45, 2.75) is 25.9 Å². The smallest absolute Gasteiger partial charge is 0.142 e. The summed E-state index contributed by atoms with van der Waals surface area (Å²) in [4.78, 5) is 0. The number of nitrogens with one attached hydrogen (secondary N) is 1. The van der Waals surface area contributed by atoms with Gasteiger partial charge in [-0.1, -0.05) is 35.3 Å². The molecule has 112 valence electrons. The number of hydrogen-bond acceptors (Lipinski definition) is 1. The predicted octanol–water partition coefficient (Wildman–Crippen LogP) is 5.68. The highest BCUT2D eigenvalue weighted by molar-refractivity contribution is 6.35. The van der Waals surface area contributed by atoms with Crippen LogP contribution in [0.1, 0.15) is 37.1 Å². The molecule has 0 aromatic heterocycles. The maximum absolute atomic E-state index is 13.6. The molecule has 0 saturated heterocycles. The first kappa shape index (κ1) is 16.2. The van der Waals surface area contributed by atoms with Crippen LogP contribution in [0.3, 0.4) is 0 Å². The topological polar surface area (TPSA) is 12.0 Å². The minimum atomic E-state index is -0.511. The Morgan fingerprint density at radius 3 is 2.33 bits per heavy atom. The summed E-state index contributed by atoms with van der Waals surface area (Å²) < 4.78 is 26.8. The third-order valence-electron chi connectivity index (χ3n) is 3.35. The second-order valence-corrected chi connectivity index (χ2v) is 5.77. The monoisotopic (exact) mass is 329 g/mol.